The van der Waals surface area contributed by atoms with Gasteiger partial charge in [0.25, 0.3) is 0 Å². The smallest absolute Gasteiger partial charge is 0.0707 e. The molecule has 0 spiro atoms. The third kappa shape index (κ3) is 1.94. The van der Waals surface area contributed by atoms with Crippen molar-refractivity contribution in [3.63, 3.8) is 0 Å². The van der Waals surface area contributed by atoms with Crippen LogP contribution < -0.4 is 0 Å². The van der Waals surface area contributed by atoms with Crippen LogP contribution in [0.15, 0.2) is 24.4 Å². The molecule has 3 nitrogen and oxygen atoms in total. The summed E-state index contributed by atoms with van der Waals surface area (Å²) in [6, 6.07) is 8.36. The lowest BCUT2D eigenvalue weighted by atomic mass is 10.1. The molecule has 0 radical (unpaired) electrons. The molecule has 86 valence electrons. The van der Waals surface area contributed by atoms with Gasteiger partial charge in [-0.15, -0.1) is 0 Å². The van der Waals surface area contributed by atoms with Gasteiger partial charge in [0.2, 0.25) is 0 Å². The Hall–Kier alpha value is -2.08. The highest BCUT2D eigenvalue weighted by Gasteiger charge is 2.11. The van der Waals surface area contributed by atoms with Gasteiger partial charge in [-0.3, -0.25) is 0 Å². The quantitative estimate of drug-likeness (QED) is 0.788. The van der Waals surface area contributed by atoms with Crippen molar-refractivity contribution >= 4 is 0 Å². The van der Waals surface area contributed by atoms with E-state index in [4.69, 9.17) is 5.26 Å². The number of benzene rings is 1. The first kappa shape index (κ1) is 11.4. The largest absolute Gasteiger partial charge is 0.237 e. The van der Waals surface area contributed by atoms with Crippen LogP contribution in [0.1, 0.15) is 22.4 Å². The van der Waals surface area contributed by atoms with Gasteiger partial charge in [-0.25, -0.2) is 4.68 Å². The van der Waals surface area contributed by atoms with Gasteiger partial charge in [0.1, 0.15) is 0 Å². The van der Waals surface area contributed by atoms with Crippen molar-refractivity contribution in [1.29, 1.82) is 5.26 Å². The van der Waals surface area contributed by atoms with Crippen LogP contribution >= 0.6 is 0 Å². The van der Waals surface area contributed by atoms with Gasteiger partial charge in [-0.05, 0) is 31.9 Å². The summed E-state index contributed by atoms with van der Waals surface area (Å²) in [5, 5.41) is 13.1. The Bertz CT molecular complexity index is 568. The van der Waals surface area contributed by atoms with E-state index in [0.717, 1.165) is 16.9 Å². The van der Waals surface area contributed by atoms with E-state index in [-0.39, 0.29) is 0 Å². The van der Waals surface area contributed by atoms with Crippen LogP contribution in [0.5, 0.6) is 0 Å². The first-order valence-corrected chi connectivity index (χ1v) is 5.62. The second-order valence-corrected chi connectivity index (χ2v) is 4.24. The van der Waals surface area contributed by atoms with Gasteiger partial charge >= 0.3 is 0 Å². The number of aryl methyl sites for hydroxylation is 2. The van der Waals surface area contributed by atoms with Crippen LogP contribution in [-0.2, 0) is 6.42 Å². The number of hydrogen-bond donors (Lipinski definition) is 0. The molecule has 2 rings (SSSR count). The molecule has 0 aliphatic heterocycles. The molecule has 17 heavy (non-hydrogen) atoms. The van der Waals surface area contributed by atoms with Crippen LogP contribution in [0.2, 0.25) is 0 Å². The van der Waals surface area contributed by atoms with Crippen molar-refractivity contribution in [2.24, 2.45) is 0 Å². The molecule has 1 heterocycles. The Morgan fingerprint density at radius 3 is 2.47 bits per heavy atom. The zero-order chi connectivity index (χ0) is 12.4. The Labute approximate surface area is 101 Å². The zero-order valence-electron chi connectivity index (χ0n) is 10.4. The number of nitriles is 1. The summed E-state index contributed by atoms with van der Waals surface area (Å²) in [7, 11) is 0. The van der Waals surface area contributed by atoms with Crippen LogP contribution in [0.4, 0.5) is 0 Å². The van der Waals surface area contributed by atoms with E-state index < -0.39 is 0 Å². The number of para-hydroxylation sites is 1. The summed E-state index contributed by atoms with van der Waals surface area (Å²) in [6.45, 7) is 6.16. The van der Waals surface area contributed by atoms with E-state index in [1.807, 2.05) is 17.7 Å². The van der Waals surface area contributed by atoms with Crippen molar-refractivity contribution in [2.75, 3.05) is 0 Å². The van der Waals surface area contributed by atoms with Crippen molar-refractivity contribution in [2.45, 2.75) is 27.2 Å². The first-order chi connectivity index (χ1) is 8.15. The molecular weight excluding hydrogens is 210 g/mol. The van der Waals surface area contributed by atoms with E-state index in [2.05, 4.69) is 37.1 Å². The maximum Gasteiger partial charge on any atom is 0.0707 e. The maximum absolute atomic E-state index is 8.75. The molecule has 1 aromatic carbocycles. The lowest BCUT2D eigenvalue weighted by Crippen LogP contribution is -2.04. The van der Waals surface area contributed by atoms with E-state index >= 15 is 0 Å². The van der Waals surface area contributed by atoms with E-state index in [9.17, 15) is 0 Å². The minimum atomic E-state index is 0.413. The molecular formula is C14H15N3. The summed E-state index contributed by atoms with van der Waals surface area (Å²) in [4.78, 5) is 0. The average Bonchev–Trinajstić information content (AvgIpc) is 2.62. The third-order valence-corrected chi connectivity index (χ3v) is 3.03. The van der Waals surface area contributed by atoms with Crippen molar-refractivity contribution < 1.29 is 0 Å². The highest BCUT2D eigenvalue weighted by atomic mass is 15.3. The second kappa shape index (κ2) is 4.42. The van der Waals surface area contributed by atoms with Crippen molar-refractivity contribution in [1.82, 2.24) is 9.78 Å². The minimum Gasteiger partial charge on any atom is -0.237 e. The molecule has 0 unspecified atom stereocenters. The van der Waals surface area contributed by atoms with Gasteiger partial charge < -0.3 is 0 Å². The molecule has 0 N–H and O–H groups in total. The fourth-order valence-corrected chi connectivity index (χ4v) is 2.07. The maximum atomic E-state index is 8.75. The molecule has 0 aliphatic rings. The van der Waals surface area contributed by atoms with Gasteiger partial charge in [0, 0.05) is 11.3 Å². The fourth-order valence-electron chi connectivity index (χ4n) is 2.07. The topological polar surface area (TPSA) is 41.6 Å². The summed E-state index contributed by atoms with van der Waals surface area (Å²) in [5.41, 5.74) is 5.55. The van der Waals surface area contributed by atoms with Crippen LogP contribution in [0.3, 0.4) is 0 Å². The van der Waals surface area contributed by atoms with Crippen molar-refractivity contribution in [3.8, 4) is 11.8 Å². The van der Waals surface area contributed by atoms with Crippen LogP contribution in [-0.4, -0.2) is 9.78 Å². The van der Waals surface area contributed by atoms with E-state index in [1.54, 1.807) is 6.20 Å². The zero-order valence-corrected chi connectivity index (χ0v) is 10.4. The highest BCUT2D eigenvalue weighted by molar-refractivity contribution is 5.48. The van der Waals surface area contributed by atoms with Gasteiger partial charge in [-0.2, -0.15) is 10.4 Å². The molecule has 0 atom stereocenters. The first-order valence-electron chi connectivity index (χ1n) is 5.62. The van der Waals surface area contributed by atoms with Crippen molar-refractivity contribution in [3.05, 3.63) is 46.8 Å². The predicted octanol–water partition coefficient (Wildman–Crippen LogP) is 2.86. The molecule has 0 saturated heterocycles. The third-order valence-electron chi connectivity index (χ3n) is 3.03. The Kier molecular flexibility index (Phi) is 2.97. The lowest BCUT2D eigenvalue weighted by molar-refractivity contribution is 0.831. The number of hydrogen-bond acceptors (Lipinski definition) is 2. The van der Waals surface area contributed by atoms with E-state index in [0.29, 0.717) is 6.42 Å². The summed E-state index contributed by atoms with van der Waals surface area (Å²) >= 11 is 0. The molecule has 0 aliphatic carbocycles. The predicted molar refractivity (Wildman–Crippen MR) is 67.1 cm³/mol. The van der Waals surface area contributed by atoms with Gasteiger partial charge in [-0.1, -0.05) is 18.2 Å². The lowest BCUT2D eigenvalue weighted by Gasteiger charge is -2.11. The SMILES string of the molecule is Cc1cccc(C)c1-n1ncc(CC#N)c1C. The van der Waals surface area contributed by atoms with E-state index in [1.165, 1.54) is 11.1 Å². The standard InChI is InChI=1S/C14H15N3/c1-10-5-4-6-11(2)14(10)17-12(3)13(7-8-15)9-16-17/h4-6,9H,7H2,1-3H3. The molecule has 0 fully saturated rings. The second-order valence-electron chi connectivity index (χ2n) is 4.24. The molecule has 0 amide bonds. The van der Waals surface area contributed by atoms with Crippen LogP contribution in [0.25, 0.3) is 5.69 Å². The fraction of sp³-hybridized carbons (Fsp3) is 0.286. The number of aromatic nitrogens is 2. The normalized spacial score (nSPS) is 10.2. The highest BCUT2D eigenvalue weighted by Crippen LogP contribution is 2.21. The Balaban J connectivity index is 2.58. The van der Waals surface area contributed by atoms with Crippen LogP contribution in [0, 0.1) is 32.1 Å². The number of rotatable bonds is 2. The molecule has 1 aromatic heterocycles. The molecule has 2 aromatic rings. The molecule has 0 saturated carbocycles. The average molecular weight is 225 g/mol. The minimum absolute atomic E-state index is 0.413. The monoisotopic (exact) mass is 225 g/mol. The van der Waals surface area contributed by atoms with Gasteiger partial charge in [0.15, 0.2) is 0 Å². The summed E-state index contributed by atoms with van der Waals surface area (Å²) < 4.78 is 1.93. The number of nitrogens with zero attached hydrogens (tertiary/aromatic N) is 3. The van der Waals surface area contributed by atoms with Gasteiger partial charge in [0.05, 0.1) is 24.4 Å². The summed E-state index contributed by atoms with van der Waals surface area (Å²) in [5.74, 6) is 0. The molecule has 0 bridgehead atoms. The molecule has 3 heteroatoms. The Morgan fingerprint density at radius 2 is 1.88 bits per heavy atom. The summed E-state index contributed by atoms with van der Waals surface area (Å²) in [6.07, 6.45) is 2.20. The Morgan fingerprint density at radius 1 is 1.24 bits per heavy atom.